The van der Waals surface area contributed by atoms with E-state index in [1.807, 2.05) is 0 Å². The Kier molecular flexibility index (Phi) is 4.01. The van der Waals surface area contributed by atoms with Crippen LogP contribution in [-0.4, -0.2) is 35.1 Å². The molecular formula is C10H14N4OS. The minimum atomic E-state index is -0.0791. The van der Waals surface area contributed by atoms with Gasteiger partial charge in [-0.05, 0) is 30.9 Å². The van der Waals surface area contributed by atoms with Gasteiger partial charge >= 0.3 is 0 Å². The molecule has 0 radical (unpaired) electrons. The summed E-state index contributed by atoms with van der Waals surface area (Å²) in [6.07, 6.45) is 5.70. The van der Waals surface area contributed by atoms with E-state index in [1.54, 1.807) is 0 Å². The van der Waals surface area contributed by atoms with E-state index in [-0.39, 0.29) is 5.91 Å². The van der Waals surface area contributed by atoms with Crippen LogP contribution in [-0.2, 0) is 0 Å². The van der Waals surface area contributed by atoms with Gasteiger partial charge in [0.1, 0.15) is 4.88 Å². The van der Waals surface area contributed by atoms with Crippen molar-refractivity contribution in [1.29, 1.82) is 0 Å². The van der Waals surface area contributed by atoms with Crippen molar-refractivity contribution >= 4 is 17.4 Å². The predicted molar refractivity (Wildman–Crippen MR) is 62.4 cm³/mol. The maximum Gasteiger partial charge on any atom is 0.264 e. The number of nitrogens with zero attached hydrogens (tertiary/aromatic N) is 2. The van der Waals surface area contributed by atoms with Gasteiger partial charge in [-0.3, -0.25) is 4.79 Å². The lowest BCUT2D eigenvalue weighted by Crippen LogP contribution is -2.26. The largest absolute Gasteiger partial charge is 0.351 e. The van der Waals surface area contributed by atoms with Crippen molar-refractivity contribution in [3.8, 4) is 0 Å². The lowest BCUT2D eigenvalue weighted by molar-refractivity contribution is 0.0958. The Labute approximate surface area is 98.1 Å². The van der Waals surface area contributed by atoms with Crippen LogP contribution in [0.15, 0.2) is 17.8 Å². The molecule has 5 nitrogen and oxygen atoms in total. The van der Waals surface area contributed by atoms with Crippen LogP contribution in [0, 0.1) is 0 Å². The molecule has 2 rings (SSSR count). The molecule has 0 saturated carbocycles. The molecule has 0 bridgehead atoms. The smallest absolute Gasteiger partial charge is 0.264 e. The second kappa shape index (κ2) is 5.72. The van der Waals surface area contributed by atoms with Crippen molar-refractivity contribution in [3.05, 3.63) is 22.7 Å². The van der Waals surface area contributed by atoms with Crippen molar-refractivity contribution < 1.29 is 4.79 Å². The highest BCUT2D eigenvalue weighted by atomic mass is 32.1. The maximum atomic E-state index is 11.5. The van der Waals surface area contributed by atoms with Crippen LogP contribution in [0.2, 0.25) is 0 Å². The van der Waals surface area contributed by atoms with E-state index in [2.05, 4.69) is 26.3 Å². The van der Waals surface area contributed by atoms with Gasteiger partial charge in [0.2, 0.25) is 0 Å². The van der Waals surface area contributed by atoms with Crippen molar-refractivity contribution in [3.63, 3.8) is 0 Å². The van der Waals surface area contributed by atoms with Gasteiger partial charge < -0.3 is 10.6 Å². The number of amides is 1. The molecule has 0 unspecified atom stereocenters. The predicted octanol–water partition coefficient (Wildman–Crippen LogP) is 0.578. The SMILES string of the molecule is O=C(NCCC1=CCNCC1)c1cnns1. The first kappa shape index (κ1) is 11.2. The summed E-state index contributed by atoms with van der Waals surface area (Å²) in [6, 6.07) is 0. The number of nitrogens with one attached hydrogen (secondary N) is 2. The molecular weight excluding hydrogens is 224 g/mol. The average Bonchev–Trinajstić information content (AvgIpc) is 2.84. The minimum Gasteiger partial charge on any atom is -0.351 e. The van der Waals surface area contributed by atoms with Gasteiger partial charge in [0.25, 0.3) is 5.91 Å². The van der Waals surface area contributed by atoms with Crippen LogP contribution in [0.25, 0.3) is 0 Å². The Hall–Kier alpha value is -1.27. The van der Waals surface area contributed by atoms with Crippen molar-refractivity contribution in [2.24, 2.45) is 0 Å². The molecule has 86 valence electrons. The van der Waals surface area contributed by atoms with E-state index in [4.69, 9.17) is 0 Å². The van der Waals surface area contributed by atoms with E-state index in [9.17, 15) is 4.79 Å². The topological polar surface area (TPSA) is 66.9 Å². The first-order valence-corrected chi connectivity index (χ1v) is 6.08. The third kappa shape index (κ3) is 3.11. The van der Waals surface area contributed by atoms with Crippen molar-refractivity contribution in [1.82, 2.24) is 20.2 Å². The minimum absolute atomic E-state index is 0.0791. The Bertz CT molecular complexity index is 374. The summed E-state index contributed by atoms with van der Waals surface area (Å²) in [4.78, 5) is 12.1. The van der Waals surface area contributed by atoms with E-state index >= 15 is 0 Å². The molecule has 0 aliphatic carbocycles. The van der Waals surface area contributed by atoms with Gasteiger partial charge in [0.15, 0.2) is 0 Å². The zero-order valence-electron chi connectivity index (χ0n) is 8.90. The Balaban J connectivity index is 1.72. The third-order valence-electron chi connectivity index (χ3n) is 2.47. The quantitative estimate of drug-likeness (QED) is 0.753. The summed E-state index contributed by atoms with van der Waals surface area (Å²) in [5, 5.41) is 9.75. The summed E-state index contributed by atoms with van der Waals surface area (Å²) in [5.74, 6) is -0.0791. The van der Waals surface area contributed by atoms with E-state index in [1.165, 1.54) is 11.8 Å². The highest BCUT2D eigenvalue weighted by molar-refractivity contribution is 7.07. The van der Waals surface area contributed by atoms with Gasteiger partial charge in [-0.1, -0.05) is 16.1 Å². The van der Waals surface area contributed by atoms with E-state index in [0.717, 1.165) is 37.5 Å². The lowest BCUT2D eigenvalue weighted by Gasteiger charge is -2.13. The fourth-order valence-corrected chi connectivity index (χ4v) is 2.02. The van der Waals surface area contributed by atoms with E-state index in [0.29, 0.717) is 11.4 Å². The van der Waals surface area contributed by atoms with Crippen LogP contribution in [0.5, 0.6) is 0 Å². The van der Waals surface area contributed by atoms with Crippen LogP contribution >= 0.6 is 11.5 Å². The van der Waals surface area contributed by atoms with Crippen molar-refractivity contribution in [2.75, 3.05) is 19.6 Å². The number of aromatic nitrogens is 2. The molecule has 6 heteroatoms. The number of carbonyl (C=O) groups excluding carboxylic acids is 1. The van der Waals surface area contributed by atoms with Crippen LogP contribution in [0.4, 0.5) is 0 Å². The number of rotatable bonds is 4. The summed E-state index contributed by atoms with van der Waals surface area (Å²) in [5.41, 5.74) is 1.42. The highest BCUT2D eigenvalue weighted by Gasteiger charge is 2.08. The summed E-state index contributed by atoms with van der Waals surface area (Å²) < 4.78 is 3.65. The van der Waals surface area contributed by atoms with E-state index < -0.39 is 0 Å². The molecule has 1 aromatic rings. The number of carbonyl (C=O) groups is 1. The normalized spacial score (nSPS) is 15.6. The first-order chi connectivity index (χ1) is 7.86. The summed E-state index contributed by atoms with van der Waals surface area (Å²) in [7, 11) is 0. The summed E-state index contributed by atoms with van der Waals surface area (Å²) >= 11 is 1.12. The van der Waals surface area contributed by atoms with Crippen LogP contribution < -0.4 is 10.6 Å². The molecule has 16 heavy (non-hydrogen) atoms. The monoisotopic (exact) mass is 238 g/mol. The molecule has 2 N–H and O–H groups in total. The molecule has 1 aliphatic rings. The highest BCUT2D eigenvalue weighted by Crippen LogP contribution is 2.08. The zero-order valence-corrected chi connectivity index (χ0v) is 9.72. The van der Waals surface area contributed by atoms with Gasteiger partial charge in [0.05, 0.1) is 6.20 Å². The molecule has 1 aromatic heterocycles. The Morgan fingerprint density at radius 2 is 2.56 bits per heavy atom. The molecule has 1 aliphatic heterocycles. The first-order valence-electron chi connectivity index (χ1n) is 5.30. The Morgan fingerprint density at radius 3 is 3.25 bits per heavy atom. The average molecular weight is 238 g/mol. The molecule has 0 aromatic carbocycles. The molecule has 0 saturated heterocycles. The molecule has 0 atom stereocenters. The molecule has 0 spiro atoms. The molecule has 2 heterocycles. The van der Waals surface area contributed by atoms with Gasteiger partial charge in [-0.2, -0.15) is 0 Å². The second-order valence-corrected chi connectivity index (χ2v) is 4.39. The second-order valence-electron chi connectivity index (χ2n) is 3.60. The van der Waals surface area contributed by atoms with Crippen LogP contribution in [0.3, 0.4) is 0 Å². The number of hydrogen-bond acceptors (Lipinski definition) is 5. The summed E-state index contributed by atoms with van der Waals surface area (Å²) in [6.45, 7) is 2.67. The van der Waals surface area contributed by atoms with Crippen molar-refractivity contribution in [2.45, 2.75) is 12.8 Å². The molecule has 0 fully saturated rings. The molecule has 1 amide bonds. The fourth-order valence-electron chi connectivity index (χ4n) is 1.59. The third-order valence-corrected chi connectivity index (χ3v) is 3.14. The fraction of sp³-hybridized carbons (Fsp3) is 0.500. The Morgan fingerprint density at radius 1 is 1.62 bits per heavy atom. The number of hydrogen-bond donors (Lipinski definition) is 2. The van der Waals surface area contributed by atoms with Gasteiger partial charge in [-0.25, -0.2) is 0 Å². The van der Waals surface area contributed by atoms with Crippen LogP contribution in [0.1, 0.15) is 22.5 Å². The van der Waals surface area contributed by atoms with Gasteiger partial charge in [-0.15, -0.1) is 5.10 Å². The van der Waals surface area contributed by atoms with Gasteiger partial charge in [0, 0.05) is 13.1 Å². The maximum absolute atomic E-state index is 11.5. The standard InChI is InChI=1S/C10H14N4OS/c15-10(9-7-13-14-16-9)12-6-3-8-1-4-11-5-2-8/h1,7,11H,2-6H2,(H,12,15). The lowest BCUT2D eigenvalue weighted by atomic mass is 10.1. The zero-order chi connectivity index (χ0) is 11.2.